The van der Waals surface area contributed by atoms with Crippen molar-refractivity contribution >= 4 is 21.4 Å². The van der Waals surface area contributed by atoms with Gasteiger partial charge in [0, 0.05) is 19.7 Å². The second-order valence-electron chi connectivity index (χ2n) is 4.34. The molecular weight excluding hydrogens is 286 g/mol. The van der Waals surface area contributed by atoms with E-state index in [1.54, 1.807) is 0 Å². The predicted molar refractivity (Wildman–Crippen MR) is 72.2 cm³/mol. The first kappa shape index (κ1) is 14.7. The summed E-state index contributed by atoms with van der Waals surface area (Å²) in [7, 11) is -2.47. The van der Waals surface area contributed by atoms with Gasteiger partial charge >= 0.3 is 5.69 Å². The summed E-state index contributed by atoms with van der Waals surface area (Å²) in [5, 5.41) is 13.8. The fraction of sp³-hybridized carbons (Fsp3) is 0.455. The Hall–Kier alpha value is -1.71. The summed E-state index contributed by atoms with van der Waals surface area (Å²) >= 11 is 0. The fourth-order valence-electron chi connectivity index (χ4n) is 2.04. The van der Waals surface area contributed by atoms with Crippen molar-refractivity contribution in [1.82, 2.24) is 4.72 Å². The van der Waals surface area contributed by atoms with E-state index in [0.717, 1.165) is 0 Å². The van der Waals surface area contributed by atoms with Gasteiger partial charge < -0.3 is 10.1 Å². The Morgan fingerprint density at radius 1 is 1.45 bits per heavy atom. The molecule has 8 nitrogen and oxygen atoms in total. The number of nitrogens with one attached hydrogen (secondary N) is 2. The molecule has 1 aliphatic rings. The lowest BCUT2D eigenvalue weighted by atomic mass is 10.3. The van der Waals surface area contributed by atoms with Crippen molar-refractivity contribution in [3.05, 3.63) is 28.3 Å². The van der Waals surface area contributed by atoms with Crippen molar-refractivity contribution in [2.45, 2.75) is 17.4 Å². The monoisotopic (exact) mass is 301 g/mol. The SMILES string of the molecule is CNc1cccc(S(=O)(=O)NC2CCOC2)c1[N+](=O)[O-]. The number of sulfonamides is 1. The van der Waals surface area contributed by atoms with Gasteiger partial charge in [-0.05, 0) is 18.6 Å². The standard InChI is InChI=1S/C11H15N3O5S/c1-12-9-3-2-4-10(11(9)14(15)16)20(17,18)13-8-5-6-19-7-8/h2-4,8,12-13H,5-7H2,1H3. The highest BCUT2D eigenvalue weighted by molar-refractivity contribution is 7.89. The molecule has 0 amide bonds. The molecule has 0 radical (unpaired) electrons. The molecule has 2 rings (SSSR count). The Kier molecular flexibility index (Phi) is 4.21. The van der Waals surface area contributed by atoms with Crippen LogP contribution in [0.5, 0.6) is 0 Å². The number of benzene rings is 1. The Labute approximate surface area is 116 Å². The number of nitro benzene ring substituents is 1. The van der Waals surface area contributed by atoms with Crippen molar-refractivity contribution in [2.24, 2.45) is 0 Å². The molecule has 2 N–H and O–H groups in total. The van der Waals surface area contributed by atoms with Gasteiger partial charge in [-0.2, -0.15) is 0 Å². The van der Waals surface area contributed by atoms with E-state index >= 15 is 0 Å². The summed E-state index contributed by atoms with van der Waals surface area (Å²) < 4.78 is 32.1. The summed E-state index contributed by atoms with van der Waals surface area (Å²) in [6, 6.07) is 3.78. The molecule has 1 aromatic rings. The largest absolute Gasteiger partial charge is 0.383 e. The summed E-state index contributed by atoms with van der Waals surface area (Å²) in [4.78, 5) is 10.1. The quantitative estimate of drug-likeness (QED) is 0.612. The van der Waals surface area contributed by atoms with Crippen molar-refractivity contribution < 1.29 is 18.1 Å². The summed E-state index contributed by atoms with van der Waals surface area (Å²) in [6.07, 6.45) is 0.554. The van der Waals surface area contributed by atoms with E-state index in [9.17, 15) is 18.5 Å². The normalized spacial score (nSPS) is 18.9. The Morgan fingerprint density at radius 3 is 2.75 bits per heavy atom. The van der Waals surface area contributed by atoms with Crippen LogP contribution in [-0.4, -0.2) is 39.6 Å². The molecule has 20 heavy (non-hydrogen) atoms. The summed E-state index contributed by atoms with van der Waals surface area (Å²) in [6.45, 7) is 0.755. The molecule has 1 saturated heterocycles. The van der Waals surface area contributed by atoms with E-state index in [1.165, 1.54) is 25.2 Å². The highest BCUT2D eigenvalue weighted by atomic mass is 32.2. The van der Waals surface area contributed by atoms with Crippen LogP contribution >= 0.6 is 0 Å². The lowest BCUT2D eigenvalue weighted by Gasteiger charge is -2.12. The maximum absolute atomic E-state index is 12.3. The smallest absolute Gasteiger partial charge is 0.312 e. The minimum Gasteiger partial charge on any atom is -0.383 e. The number of nitro groups is 1. The van der Waals surface area contributed by atoms with Crippen LogP contribution in [0.4, 0.5) is 11.4 Å². The summed E-state index contributed by atoms with van der Waals surface area (Å²) in [5.41, 5.74) is -0.304. The number of hydrogen-bond acceptors (Lipinski definition) is 6. The first-order valence-corrected chi connectivity index (χ1v) is 7.49. The average molecular weight is 301 g/mol. The van der Waals surface area contributed by atoms with Crippen molar-refractivity contribution in [1.29, 1.82) is 0 Å². The van der Waals surface area contributed by atoms with Crippen molar-refractivity contribution in [3.8, 4) is 0 Å². The molecule has 1 atom stereocenters. The zero-order chi connectivity index (χ0) is 14.8. The average Bonchev–Trinajstić information content (AvgIpc) is 2.89. The van der Waals surface area contributed by atoms with Crippen molar-refractivity contribution in [3.63, 3.8) is 0 Å². The molecule has 0 bridgehead atoms. The van der Waals surface area contributed by atoms with Crippen LogP contribution in [0.1, 0.15) is 6.42 Å². The molecule has 1 fully saturated rings. The second kappa shape index (κ2) is 5.73. The Bertz CT molecular complexity index is 610. The van der Waals surface area contributed by atoms with E-state index in [1.807, 2.05) is 0 Å². The molecular formula is C11H15N3O5S. The van der Waals surface area contributed by atoms with Crippen LogP contribution in [0.3, 0.4) is 0 Å². The highest BCUT2D eigenvalue weighted by Gasteiger charge is 2.31. The third-order valence-corrected chi connectivity index (χ3v) is 4.54. The molecule has 0 spiro atoms. The van der Waals surface area contributed by atoms with Gasteiger partial charge in [0.15, 0.2) is 4.90 Å². The topological polar surface area (TPSA) is 111 Å². The van der Waals surface area contributed by atoms with Gasteiger partial charge in [-0.3, -0.25) is 10.1 Å². The number of para-hydroxylation sites is 1. The first-order valence-electron chi connectivity index (χ1n) is 6.01. The van der Waals surface area contributed by atoms with Gasteiger partial charge in [0.1, 0.15) is 5.69 Å². The van der Waals surface area contributed by atoms with Crippen LogP contribution in [0, 0.1) is 10.1 Å². The number of nitrogens with zero attached hydrogens (tertiary/aromatic N) is 1. The van der Waals surface area contributed by atoms with Gasteiger partial charge in [0.05, 0.1) is 11.5 Å². The Balaban J connectivity index is 2.42. The van der Waals surface area contributed by atoms with Gasteiger partial charge in [-0.15, -0.1) is 0 Å². The van der Waals surface area contributed by atoms with Gasteiger partial charge in [-0.1, -0.05) is 6.07 Å². The van der Waals surface area contributed by atoms with E-state index in [-0.39, 0.29) is 23.2 Å². The zero-order valence-corrected chi connectivity index (χ0v) is 11.6. The van der Waals surface area contributed by atoms with Gasteiger partial charge in [0.2, 0.25) is 10.0 Å². The van der Waals surface area contributed by atoms with E-state index in [2.05, 4.69) is 10.0 Å². The van der Waals surface area contributed by atoms with E-state index in [4.69, 9.17) is 4.74 Å². The highest BCUT2D eigenvalue weighted by Crippen LogP contribution is 2.31. The molecule has 1 heterocycles. The van der Waals surface area contributed by atoms with Crippen LogP contribution in [0.25, 0.3) is 0 Å². The maximum Gasteiger partial charge on any atom is 0.312 e. The minimum atomic E-state index is -3.96. The van der Waals surface area contributed by atoms with E-state index in [0.29, 0.717) is 13.0 Å². The van der Waals surface area contributed by atoms with Crippen LogP contribution in [0.15, 0.2) is 23.1 Å². The van der Waals surface area contributed by atoms with E-state index < -0.39 is 20.6 Å². The number of ether oxygens (including phenoxy) is 1. The number of anilines is 1. The Morgan fingerprint density at radius 2 is 2.20 bits per heavy atom. The van der Waals surface area contributed by atoms with Crippen molar-refractivity contribution in [2.75, 3.05) is 25.6 Å². The molecule has 1 aliphatic heterocycles. The second-order valence-corrected chi connectivity index (χ2v) is 6.02. The number of rotatable bonds is 5. The van der Waals surface area contributed by atoms with Gasteiger partial charge in [0.25, 0.3) is 0 Å². The predicted octanol–water partition coefficient (Wildman–Crippen LogP) is 0.704. The first-order chi connectivity index (χ1) is 9.45. The molecule has 0 saturated carbocycles. The third kappa shape index (κ3) is 2.89. The number of hydrogen-bond donors (Lipinski definition) is 2. The summed E-state index contributed by atoms with van der Waals surface area (Å²) in [5.74, 6) is 0. The molecule has 9 heteroatoms. The minimum absolute atomic E-state index is 0.153. The van der Waals surface area contributed by atoms with Crippen LogP contribution in [0.2, 0.25) is 0 Å². The molecule has 110 valence electrons. The molecule has 1 aromatic carbocycles. The van der Waals surface area contributed by atoms with Crippen LogP contribution in [-0.2, 0) is 14.8 Å². The zero-order valence-electron chi connectivity index (χ0n) is 10.8. The lowest BCUT2D eigenvalue weighted by molar-refractivity contribution is -0.386. The third-order valence-electron chi connectivity index (χ3n) is 2.99. The lowest BCUT2D eigenvalue weighted by Crippen LogP contribution is -2.35. The van der Waals surface area contributed by atoms with Gasteiger partial charge in [-0.25, -0.2) is 13.1 Å². The fourth-order valence-corrected chi connectivity index (χ4v) is 3.49. The molecule has 0 aliphatic carbocycles. The maximum atomic E-state index is 12.3. The molecule has 0 aromatic heterocycles. The van der Waals surface area contributed by atoms with Crippen LogP contribution < -0.4 is 10.0 Å². The molecule has 1 unspecified atom stereocenters.